The largest absolute Gasteiger partial charge is 0.508 e. The average molecular weight is 283 g/mol. The first-order chi connectivity index (χ1) is 10.0. The number of aliphatic hydroxyl groups is 1. The lowest BCUT2D eigenvalue weighted by Gasteiger charge is -2.07. The maximum absolute atomic E-state index is 9.84. The smallest absolute Gasteiger partial charge is 0.164 e. The van der Waals surface area contributed by atoms with Crippen LogP contribution in [0.2, 0.25) is 0 Å². The summed E-state index contributed by atoms with van der Waals surface area (Å²) < 4.78 is 0. The van der Waals surface area contributed by atoms with Crippen molar-refractivity contribution in [1.29, 1.82) is 0 Å². The van der Waals surface area contributed by atoms with E-state index < -0.39 is 0 Å². The second-order valence-corrected chi connectivity index (χ2v) is 3.92. The first-order valence-corrected chi connectivity index (χ1v) is 6.07. The van der Waals surface area contributed by atoms with E-state index in [-0.39, 0.29) is 23.2 Å². The molecule has 1 aromatic carbocycles. The van der Waals surface area contributed by atoms with Crippen LogP contribution < -0.4 is 0 Å². The summed E-state index contributed by atoms with van der Waals surface area (Å²) >= 11 is 0. The molecule has 0 saturated carbocycles. The van der Waals surface area contributed by atoms with Crippen LogP contribution in [0.25, 0.3) is 0 Å². The van der Waals surface area contributed by atoms with Crippen molar-refractivity contribution in [3.8, 4) is 5.75 Å². The van der Waals surface area contributed by atoms with E-state index in [0.29, 0.717) is 11.1 Å². The monoisotopic (exact) mass is 283 g/mol. The predicted octanol–water partition coefficient (Wildman–Crippen LogP) is 3.05. The highest BCUT2D eigenvalue weighted by atomic mass is 16.3. The third-order valence-corrected chi connectivity index (χ3v) is 2.55. The molecule has 1 rings (SSSR count). The fourth-order valence-corrected chi connectivity index (χ4v) is 1.59. The number of hydrogen-bond acceptors (Lipinski definition) is 3. The summed E-state index contributed by atoms with van der Waals surface area (Å²) in [4.78, 5) is 12.0. The highest BCUT2D eigenvalue weighted by Gasteiger charge is 2.12. The van der Waals surface area contributed by atoms with E-state index in [1.807, 2.05) is 0 Å². The maximum atomic E-state index is 9.84. The molecule has 0 amide bonds. The van der Waals surface area contributed by atoms with Gasteiger partial charge in [0.25, 0.3) is 0 Å². The zero-order valence-electron chi connectivity index (χ0n) is 11.8. The fourth-order valence-electron chi connectivity index (χ4n) is 1.59. The Balaban J connectivity index is 3.38. The molecule has 0 aliphatic rings. The molecule has 0 fully saturated rings. The van der Waals surface area contributed by atoms with Crippen LogP contribution in [0.4, 0.5) is 0 Å². The Kier molecular flexibility index (Phi) is 5.82. The highest BCUT2D eigenvalue weighted by molar-refractivity contribution is 6.14. The number of benzene rings is 1. The Hall–Kier alpha value is -2.95. The van der Waals surface area contributed by atoms with Crippen LogP contribution in [0, 0.1) is 0 Å². The molecule has 0 spiro atoms. The zero-order valence-corrected chi connectivity index (χ0v) is 11.8. The van der Waals surface area contributed by atoms with Gasteiger partial charge in [-0.05, 0) is 24.9 Å². The number of allylic oxidation sites excluding steroid dienone is 2. The van der Waals surface area contributed by atoms with E-state index in [1.54, 1.807) is 18.2 Å². The van der Waals surface area contributed by atoms with Crippen molar-refractivity contribution < 1.29 is 10.2 Å². The molecule has 0 unspecified atom stereocenters. The first kappa shape index (κ1) is 16.1. The number of rotatable bonds is 4. The number of para-hydroxylation sites is 1. The molecule has 0 radical (unpaired) electrons. The minimum absolute atomic E-state index is 0.0242. The molecule has 0 heterocycles. The number of nitrogens with zero attached hydrogens (tertiary/aromatic N) is 3. The molecule has 0 atom stereocenters. The quantitative estimate of drug-likeness (QED) is 0.385. The van der Waals surface area contributed by atoms with Gasteiger partial charge in [0.1, 0.15) is 11.5 Å². The third-order valence-electron chi connectivity index (χ3n) is 2.55. The van der Waals surface area contributed by atoms with E-state index >= 15 is 0 Å². The summed E-state index contributed by atoms with van der Waals surface area (Å²) in [5, 5.41) is 19.4. The number of aliphatic hydroxyl groups excluding tert-OH is 1. The second-order valence-electron chi connectivity index (χ2n) is 3.92. The Morgan fingerprint density at radius 2 is 1.95 bits per heavy atom. The topological polar surface area (TPSA) is 77.5 Å². The Morgan fingerprint density at radius 1 is 1.29 bits per heavy atom. The summed E-state index contributed by atoms with van der Waals surface area (Å²) in [5.41, 5.74) is 0.722. The van der Waals surface area contributed by atoms with Gasteiger partial charge in [-0.2, -0.15) is 0 Å². The fraction of sp³-hybridized carbons (Fsp3) is 0.0625. The lowest BCUT2D eigenvalue weighted by atomic mass is 10.1. The summed E-state index contributed by atoms with van der Waals surface area (Å²) in [6.45, 7) is 10.5. The lowest BCUT2D eigenvalue weighted by molar-refractivity contribution is 0.431. The minimum atomic E-state index is -0.194. The summed E-state index contributed by atoms with van der Waals surface area (Å²) in [7, 11) is 1.52. The molecule has 0 saturated heterocycles. The van der Waals surface area contributed by atoms with E-state index in [1.165, 1.54) is 25.3 Å². The number of hydrogen-bond donors (Lipinski definition) is 2. The van der Waals surface area contributed by atoms with Crippen molar-refractivity contribution in [3.63, 3.8) is 0 Å². The number of aromatic hydroxyl groups is 1. The molecule has 21 heavy (non-hydrogen) atoms. The maximum Gasteiger partial charge on any atom is 0.164 e. The highest BCUT2D eigenvalue weighted by Crippen LogP contribution is 2.18. The van der Waals surface area contributed by atoms with Crippen molar-refractivity contribution in [1.82, 2.24) is 0 Å². The van der Waals surface area contributed by atoms with Gasteiger partial charge in [-0.1, -0.05) is 31.4 Å². The minimum Gasteiger partial charge on any atom is -0.508 e. The van der Waals surface area contributed by atoms with Gasteiger partial charge < -0.3 is 10.2 Å². The number of aliphatic imine (C=N–C) groups is 3. The van der Waals surface area contributed by atoms with Crippen molar-refractivity contribution >= 4 is 18.4 Å². The van der Waals surface area contributed by atoms with Crippen LogP contribution in [-0.2, 0) is 0 Å². The molecule has 5 nitrogen and oxygen atoms in total. The van der Waals surface area contributed by atoms with Crippen molar-refractivity contribution in [2.75, 3.05) is 7.05 Å². The van der Waals surface area contributed by atoms with Crippen LogP contribution >= 0.6 is 0 Å². The van der Waals surface area contributed by atoms with Crippen LogP contribution in [0.1, 0.15) is 5.56 Å². The van der Waals surface area contributed by atoms with Crippen LogP contribution in [-0.4, -0.2) is 35.6 Å². The number of amidine groups is 2. The molecule has 0 aliphatic heterocycles. The Morgan fingerprint density at radius 3 is 2.43 bits per heavy atom. The molecule has 1 aromatic rings. The summed E-state index contributed by atoms with van der Waals surface area (Å²) in [6, 6.07) is 6.60. The molecular weight excluding hydrogens is 266 g/mol. The van der Waals surface area contributed by atoms with Gasteiger partial charge in [0.05, 0.1) is 11.1 Å². The Labute approximate surface area is 123 Å². The van der Waals surface area contributed by atoms with Crippen LogP contribution in [0.3, 0.4) is 0 Å². The molecular formula is C16H17N3O2. The summed E-state index contributed by atoms with van der Waals surface area (Å²) in [6.07, 6.45) is 3.01. The molecule has 0 aromatic heterocycles. The zero-order chi connectivity index (χ0) is 15.8. The summed E-state index contributed by atoms with van der Waals surface area (Å²) in [5.74, 6) is 0.217. The van der Waals surface area contributed by atoms with Crippen LogP contribution in [0.15, 0.2) is 75.9 Å². The number of phenols is 1. The van der Waals surface area contributed by atoms with Gasteiger partial charge in [-0.15, -0.1) is 0 Å². The van der Waals surface area contributed by atoms with Gasteiger partial charge in [-0.3, -0.25) is 4.99 Å². The molecule has 5 heteroatoms. The third kappa shape index (κ3) is 4.01. The predicted molar refractivity (Wildman–Crippen MR) is 87.6 cm³/mol. The average Bonchev–Trinajstić information content (AvgIpc) is 2.47. The molecule has 108 valence electrons. The van der Waals surface area contributed by atoms with Gasteiger partial charge in [0, 0.05) is 7.05 Å². The van der Waals surface area contributed by atoms with E-state index in [4.69, 9.17) is 0 Å². The van der Waals surface area contributed by atoms with Crippen molar-refractivity contribution in [2.24, 2.45) is 15.0 Å². The van der Waals surface area contributed by atoms with Gasteiger partial charge >= 0.3 is 0 Å². The second kappa shape index (κ2) is 7.59. The van der Waals surface area contributed by atoms with Gasteiger partial charge in [-0.25, -0.2) is 9.98 Å². The molecule has 0 aliphatic carbocycles. The first-order valence-electron chi connectivity index (χ1n) is 6.07. The number of phenolic OH excluding ortho intramolecular Hbond substituents is 1. The standard InChI is InChI=1S/C16H17N3O2/c1-5-8-12(11(2)20)15(17-3)19-16(18-4)13-9-6-7-10-14(13)21/h5-10,20-21H,1-2,4H2,3H3/b12-8+,17-15?,19-16?. The Bertz CT molecular complexity index is 655. The van der Waals surface area contributed by atoms with Crippen molar-refractivity contribution in [3.05, 3.63) is 66.5 Å². The van der Waals surface area contributed by atoms with E-state index in [9.17, 15) is 10.2 Å². The SMILES string of the molecule is C=C/C=C(\C(=C)O)C(=NC)N=C(N=C)c1ccccc1O. The van der Waals surface area contributed by atoms with E-state index in [0.717, 1.165) is 0 Å². The van der Waals surface area contributed by atoms with Crippen molar-refractivity contribution in [2.45, 2.75) is 0 Å². The molecule has 0 bridgehead atoms. The van der Waals surface area contributed by atoms with Gasteiger partial charge in [0.15, 0.2) is 11.7 Å². The normalized spacial score (nSPS) is 12.9. The lowest BCUT2D eigenvalue weighted by Crippen LogP contribution is -2.07. The molecule has 2 N–H and O–H groups in total. The van der Waals surface area contributed by atoms with Gasteiger partial charge in [0.2, 0.25) is 0 Å². The van der Waals surface area contributed by atoms with E-state index in [2.05, 4.69) is 34.9 Å². The van der Waals surface area contributed by atoms with Crippen LogP contribution in [0.5, 0.6) is 5.75 Å².